The molecule has 128 valence electrons. The molecule has 0 radical (unpaired) electrons. The Hall–Kier alpha value is -0.900. The van der Waals surface area contributed by atoms with Crippen LogP contribution >= 0.6 is 24.0 Å². The molecule has 22 heavy (non-hydrogen) atoms. The zero-order valence-electron chi connectivity index (χ0n) is 14.0. The van der Waals surface area contributed by atoms with Crippen LogP contribution in [-0.2, 0) is 11.3 Å². The van der Waals surface area contributed by atoms with Crippen molar-refractivity contribution in [2.45, 2.75) is 45.8 Å². The molecule has 0 saturated carbocycles. The van der Waals surface area contributed by atoms with Crippen LogP contribution < -0.4 is 10.6 Å². The first-order valence-electron chi connectivity index (χ1n) is 7.47. The van der Waals surface area contributed by atoms with Crippen LogP contribution in [0.3, 0.4) is 0 Å². The molecule has 0 aliphatic rings. The van der Waals surface area contributed by atoms with Gasteiger partial charge in [0.1, 0.15) is 12.7 Å². The summed E-state index contributed by atoms with van der Waals surface area (Å²) in [6.07, 6.45) is 5.63. The van der Waals surface area contributed by atoms with E-state index in [0.29, 0.717) is 6.54 Å². The number of unbranched alkanes of at least 4 members (excludes halogenated alkanes) is 1. The first-order valence-corrected chi connectivity index (χ1v) is 7.47. The smallest absolute Gasteiger partial charge is 0.191 e. The van der Waals surface area contributed by atoms with Crippen molar-refractivity contribution in [2.24, 2.45) is 4.99 Å². The van der Waals surface area contributed by atoms with Crippen LogP contribution in [0.4, 0.5) is 0 Å². The van der Waals surface area contributed by atoms with E-state index in [2.05, 4.69) is 32.7 Å². The molecule has 0 saturated heterocycles. The minimum atomic E-state index is -0.239. The summed E-state index contributed by atoms with van der Waals surface area (Å²) in [5.41, 5.74) is -0.239. The number of aromatic nitrogens is 3. The van der Waals surface area contributed by atoms with Crippen LogP contribution in [-0.4, -0.2) is 53.1 Å². The highest BCUT2D eigenvalue weighted by Gasteiger charge is 2.15. The van der Waals surface area contributed by atoms with Crippen molar-refractivity contribution in [3.63, 3.8) is 0 Å². The monoisotopic (exact) mass is 424 g/mol. The predicted octanol–water partition coefficient (Wildman–Crippen LogP) is 1.66. The fraction of sp³-hybridized carbons (Fsp3) is 0.786. The number of hydrogen-bond acceptors (Lipinski definition) is 4. The summed E-state index contributed by atoms with van der Waals surface area (Å²) in [7, 11) is 1.71. The highest BCUT2D eigenvalue weighted by molar-refractivity contribution is 14.0. The molecule has 0 bridgehead atoms. The third-order valence-corrected chi connectivity index (χ3v) is 3.12. The van der Waals surface area contributed by atoms with Crippen molar-refractivity contribution in [3.05, 3.63) is 12.7 Å². The maximum atomic E-state index is 5.37. The molecule has 0 aromatic carbocycles. The highest BCUT2D eigenvalue weighted by atomic mass is 127. The van der Waals surface area contributed by atoms with Gasteiger partial charge in [-0.25, -0.2) is 0 Å². The van der Waals surface area contributed by atoms with Crippen molar-refractivity contribution >= 4 is 29.9 Å². The van der Waals surface area contributed by atoms with Crippen LogP contribution in [0.2, 0.25) is 0 Å². The number of nitrogens with zero attached hydrogens (tertiary/aromatic N) is 4. The van der Waals surface area contributed by atoms with Gasteiger partial charge in [0.25, 0.3) is 0 Å². The summed E-state index contributed by atoms with van der Waals surface area (Å²) >= 11 is 0. The average molecular weight is 424 g/mol. The number of ether oxygens (including phenoxy) is 1. The summed E-state index contributed by atoms with van der Waals surface area (Å²) < 4.78 is 7.36. The Morgan fingerprint density at radius 2 is 1.91 bits per heavy atom. The Morgan fingerprint density at radius 3 is 2.50 bits per heavy atom. The van der Waals surface area contributed by atoms with Gasteiger partial charge in [-0.2, -0.15) is 0 Å². The standard InChI is InChI=1S/C14H28N6O.HI/c1-5-15-13(17-10-14(2,3)21-4)16-8-6-7-9-20-11-18-19-12-20;/h11-12H,5-10H2,1-4H3,(H2,15,16,17);1H. The fourth-order valence-corrected chi connectivity index (χ4v) is 1.64. The molecule has 0 unspecified atom stereocenters. The number of aliphatic imine (C=N–C) groups is 1. The third kappa shape index (κ3) is 9.19. The van der Waals surface area contributed by atoms with Gasteiger partial charge in [0.2, 0.25) is 0 Å². The lowest BCUT2D eigenvalue weighted by Gasteiger charge is -2.21. The molecule has 7 nitrogen and oxygen atoms in total. The Morgan fingerprint density at radius 1 is 1.23 bits per heavy atom. The Bertz CT molecular complexity index is 407. The van der Waals surface area contributed by atoms with Gasteiger partial charge >= 0.3 is 0 Å². The highest BCUT2D eigenvalue weighted by Crippen LogP contribution is 2.06. The lowest BCUT2D eigenvalue weighted by Crippen LogP contribution is -2.39. The minimum absolute atomic E-state index is 0. The van der Waals surface area contributed by atoms with Crippen LogP contribution in [0.1, 0.15) is 33.6 Å². The van der Waals surface area contributed by atoms with Gasteiger partial charge in [0, 0.05) is 26.7 Å². The van der Waals surface area contributed by atoms with Crippen molar-refractivity contribution in [2.75, 3.05) is 26.7 Å². The van der Waals surface area contributed by atoms with Crippen molar-refractivity contribution < 1.29 is 4.74 Å². The number of halogens is 1. The number of hydrogen-bond donors (Lipinski definition) is 2. The number of methoxy groups -OCH3 is 1. The second-order valence-electron chi connectivity index (χ2n) is 5.49. The van der Waals surface area contributed by atoms with Gasteiger partial charge < -0.3 is 19.9 Å². The van der Waals surface area contributed by atoms with E-state index in [1.807, 2.05) is 18.4 Å². The molecule has 0 aliphatic heterocycles. The Labute approximate surface area is 150 Å². The van der Waals surface area contributed by atoms with Gasteiger partial charge in [0.05, 0.1) is 12.1 Å². The van der Waals surface area contributed by atoms with Gasteiger partial charge in [0.15, 0.2) is 5.96 Å². The van der Waals surface area contributed by atoms with Crippen LogP contribution in [0.25, 0.3) is 0 Å². The van der Waals surface area contributed by atoms with Crippen molar-refractivity contribution in [1.82, 2.24) is 25.4 Å². The molecular weight excluding hydrogens is 395 g/mol. The van der Waals surface area contributed by atoms with Crippen molar-refractivity contribution in [3.8, 4) is 0 Å². The average Bonchev–Trinajstić information content (AvgIpc) is 2.97. The van der Waals surface area contributed by atoms with Crippen molar-refractivity contribution in [1.29, 1.82) is 0 Å². The summed E-state index contributed by atoms with van der Waals surface area (Å²) in [4.78, 5) is 4.55. The van der Waals surface area contributed by atoms with E-state index in [1.165, 1.54) is 0 Å². The fourth-order valence-electron chi connectivity index (χ4n) is 1.64. The normalized spacial score (nSPS) is 11.9. The van der Waals surface area contributed by atoms with Crippen LogP contribution in [0.15, 0.2) is 17.6 Å². The summed E-state index contributed by atoms with van der Waals surface area (Å²) in [6, 6.07) is 0. The molecule has 1 rings (SSSR count). The molecule has 2 N–H and O–H groups in total. The topological polar surface area (TPSA) is 76.4 Å². The minimum Gasteiger partial charge on any atom is -0.377 e. The summed E-state index contributed by atoms with van der Waals surface area (Å²) in [6.45, 7) is 9.42. The quantitative estimate of drug-likeness (QED) is 0.273. The molecule has 0 fully saturated rings. The lowest BCUT2D eigenvalue weighted by molar-refractivity contribution is 0.0310. The van der Waals surface area contributed by atoms with E-state index < -0.39 is 0 Å². The van der Waals surface area contributed by atoms with E-state index in [0.717, 1.165) is 38.4 Å². The van der Waals surface area contributed by atoms with Gasteiger partial charge in [-0.05, 0) is 33.6 Å². The first-order chi connectivity index (χ1) is 10.1. The van der Waals surface area contributed by atoms with Crippen LogP contribution in [0, 0.1) is 0 Å². The SMILES string of the molecule is CCNC(=NCC(C)(C)OC)NCCCCn1cnnc1.I. The van der Waals surface area contributed by atoms with Gasteiger partial charge in [-0.15, -0.1) is 34.2 Å². The maximum Gasteiger partial charge on any atom is 0.191 e. The predicted molar refractivity (Wildman–Crippen MR) is 99.7 cm³/mol. The molecule has 1 aromatic rings. The molecule has 0 spiro atoms. The number of guanidine groups is 1. The second kappa shape index (κ2) is 11.6. The summed E-state index contributed by atoms with van der Waals surface area (Å²) in [5.74, 6) is 0.840. The molecule has 8 heteroatoms. The van der Waals surface area contributed by atoms with E-state index in [-0.39, 0.29) is 29.6 Å². The number of aryl methyl sites for hydroxylation is 1. The number of rotatable bonds is 9. The Balaban J connectivity index is 0.00000441. The van der Waals surface area contributed by atoms with E-state index in [1.54, 1.807) is 19.8 Å². The first kappa shape index (κ1) is 21.1. The largest absolute Gasteiger partial charge is 0.377 e. The summed E-state index contributed by atoms with van der Waals surface area (Å²) in [5, 5.41) is 14.2. The molecule has 1 aromatic heterocycles. The van der Waals surface area contributed by atoms with Gasteiger partial charge in [-0.1, -0.05) is 0 Å². The zero-order chi connectivity index (χ0) is 15.6. The van der Waals surface area contributed by atoms with Gasteiger partial charge in [-0.3, -0.25) is 4.99 Å². The third-order valence-electron chi connectivity index (χ3n) is 3.12. The maximum absolute atomic E-state index is 5.37. The Kier molecular flexibility index (Phi) is 11.2. The number of nitrogens with one attached hydrogen (secondary N) is 2. The molecule has 0 amide bonds. The lowest BCUT2D eigenvalue weighted by atomic mass is 10.1. The molecule has 0 atom stereocenters. The second-order valence-corrected chi connectivity index (χ2v) is 5.49. The van der Waals surface area contributed by atoms with E-state index in [9.17, 15) is 0 Å². The van der Waals surface area contributed by atoms with E-state index in [4.69, 9.17) is 4.74 Å². The molecular formula is C14H29IN6O. The van der Waals surface area contributed by atoms with E-state index >= 15 is 0 Å². The van der Waals surface area contributed by atoms with Crippen LogP contribution in [0.5, 0.6) is 0 Å². The molecule has 0 aliphatic carbocycles. The zero-order valence-corrected chi connectivity index (χ0v) is 16.3. The molecule has 1 heterocycles.